The van der Waals surface area contributed by atoms with Crippen molar-refractivity contribution < 1.29 is 23.4 Å². The highest BCUT2D eigenvalue weighted by molar-refractivity contribution is 5.95. The van der Waals surface area contributed by atoms with Crippen molar-refractivity contribution in [3.63, 3.8) is 0 Å². The van der Waals surface area contributed by atoms with E-state index in [0.717, 1.165) is 18.8 Å². The summed E-state index contributed by atoms with van der Waals surface area (Å²) in [6.45, 7) is 6.29. The molecule has 2 aromatic rings. The highest BCUT2D eigenvalue weighted by Gasteiger charge is 2.22. The number of nitrogens with zero attached hydrogens (tertiary/aromatic N) is 1. The third kappa shape index (κ3) is 4.74. The van der Waals surface area contributed by atoms with Crippen molar-refractivity contribution in [1.82, 2.24) is 10.2 Å². The van der Waals surface area contributed by atoms with E-state index in [9.17, 15) is 4.79 Å². The summed E-state index contributed by atoms with van der Waals surface area (Å²) in [5.74, 6) is 1.93. The predicted molar refractivity (Wildman–Crippen MR) is 103 cm³/mol. The summed E-state index contributed by atoms with van der Waals surface area (Å²) >= 11 is 0. The van der Waals surface area contributed by atoms with Crippen LogP contribution < -0.4 is 19.5 Å². The number of benzene rings is 1. The molecule has 0 aliphatic heterocycles. The van der Waals surface area contributed by atoms with Gasteiger partial charge in [0.05, 0.1) is 33.6 Å². The fourth-order valence-corrected chi connectivity index (χ4v) is 3.06. The molecular weight excluding hydrogens is 348 g/mol. The SMILES string of the molecule is CCN(CC)[C@H](CNC(=O)c1cc(OC)c(OC)c(OC)c1)c1ccco1. The van der Waals surface area contributed by atoms with Crippen LogP contribution in [0.4, 0.5) is 0 Å². The molecule has 0 bridgehead atoms. The molecule has 0 radical (unpaired) electrons. The number of hydrogen-bond donors (Lipinski definition) is 1. The van der Waals surface area contributed by atoms with E-state index >= 15 is 0 Å². The van der Waals surface area contributed by atoms with Crippen LogP contribution in [0.2, 0.25) is 0 Å². The van der Waals surface area contributed by atoms with E-state index in [4.69, 9.17) is 18.6 Å². The molecule has 1 amide bonds. The molecule has 7 heteroatoms. The number of carbonyl (C=O) groups excluding carboxylic acids is 1. The number of carbonyl (C=O) groups is 1. The molecule has 27 heavy (non-hydrogen) atoms. The van der Waals surface area contributed by atoms with Gasteiger partial charge in [-0.1, -0.05) is 13.8 Å². The van der Waals surface area contributed by atoms with Crippen molar-refractivity contribution in [2.45, 2.75) is 19.9 Å². The molecule has 1 atom stereocenters. The van der Waals surface area contributed by atoms with Crippen LogP contribution in [-0.4, -0.2) is 51.8 Å². The molecule has 0 unspecified atom stereocenters. The summed E-state index contributed by atoms with van der Waals surface area (Å²) in [5.41, 5.74) is 0.433. The summed E-state index contributed by atoms with van der Waals surface area (Å²) in [5, 5.41) is 2.98. The molecule has 1 N–H and O–H groups in total. The Bertz CT molecular complexity index is 701. The molecule has 148 valence electrons. The van der Waals surface area contributed by atoms with Crippen LogP contribution >= 0.6 is 0 Å². The number of furan rings is 1. The van der Waals surface area contributed by atoms with E-state index in [1.54, 1.807) is 18.4 Å². The van der Waals surface area contributed by atoms with Crippen molar-refractivity contribution >= 4 is 5.91 Å². The van der Waals surface area contributed by atoms with E-state index in [1.165, 1.54) is 21.3 Å². The van der Waals surface area contributed by atoms with Gasteiger partial charge in [-0.25, -0.2) is 0 Å². The lowest BCUT2D eigenvalue weighted by Gasteiger charge is -2.28. The topological polar surface area (TPSA) is 73.2 Å². The van der Waals surface area contributed by atoms with E-state index in [0.29, 0.717) is 29.4 Å². The lowest BCUT2D eigenvalue weighted by atomic mass is 10.1. The Morgan fingerprint density at radius 2 is 1.74 bits per heavy atom. The maximum Gasteiger partial charge on any atom is 0.251 e. The van der Waals surface area contributed by atoms with Gasteiger partial charge in [0.1, 0.15) is 5.76 Å². The van der Waals surface area contributed by atoms with E-state index in [1.807, 2.05) is 12.1 Å². The summed E-state index contributed by atoms with van der Waals surface area (Å²) < 4.78 is 21.5. The maximum absolute atomic E-state index is 12.7. The molecule has 2 rings (SSSR count). The fourth-order valence-electron chi connectivity index (χ4n) is 3.06. The number of methoxy groups -OCH3 is 3. The van der Waals surface area contributed by atoms with E-state index in [2.05, 4.69) is 24.1 Å². The molecule has 1 aromatic carbocycles. The first-order valence-corrected chi connectivity index (χ1v) is 8.95. The quantitative estimate of drug-likeness (QED) is 0.687. The maximum atomic E-state index is 12.7. The molecule has 1 heterocycles. The largest absolute Gasteiger partial charge is 0.493 e. The summed E-state index contributed by atoms with van der Waals surface area (Å²) in [6.07, 6.45) is 1.65. The Balaban J connectivity index is 2.20. The molecule has 0 aliphatic carbocycles. The van der Waals surface area contributed by atoms with Crippen LogP contribution in [0, 0.1) is 0 Å². The van der Waals surface area contributed by atoms with Crippen molar-refractivity contribution in [3.8, 4) is 17.2 Å². The second kappa shape index (κ2) is 9.87. The molecule has 7 nitrogen and oxygen atoms in total. The number of hydrogen-bond acceptors (Lipinski definition) is 6. The van der Waals surface area contributed by atoms with Gasteiger partial charge >= 0.3 is 0 Å². The van der Waals surface area contributed by atoms with Gasteiger partial charge in [-0.05, 0) is 37.4 Å². The van der Waals surface area contributed by atoms with Crippen molar-refractivity contribution in [1.29, 1.82) is 0 Å². The Hall–Kier alpha value is -2.67. The molecule has 0 saturated heterocycles. The summed E-state index contributed by atoms with van der Waals surface area (Å²) in [4.78, 5) is 15.0. The molecule has 1 aromatic heterocycles. The molecular formula is C20H28N2O5. The number of rotatable bonds is 10. The van der Waals surface area contributed by atoms with Gasteiger partial charge in [-0.3, -0.25) is 9.69 Å². The van der Waals surface area contributed by atoms with E-state index < -0.39 is 0 Å². The van der Waals surface area contributed by atoms with Gasteiger partial charge in [-0.2, -0.15) is 0 Å². The van der Waals surface area contributed by atoms with E-state index in [-0.39, 0.29) is 11.9 Å². The van der Waals surface area contributed by atoms with Crippen LogP contribution in [0.15, 0.2) is 34.9 Å². The number of likely N-dealkylation sites (N-methyl/N-ethyl adjacent to an activating group) is 1. The minimum absolute atomic E-state index is 0.0408. The van der Waals surface area contributed by atoms with Gasteiger partial charge in [0.25, 0.3) is 5.91 Å². The third-order valence-corrected chi connectivity index (χ3v) is 4.51. The second-order valence-corrected chi connectivity index (χ2v) is 5.88. The zero-order chi connectivity index (χ0) is 19.8. The van der Waals surface area contributed by atoms with Gasteiger partial charge in [0.2, 0.25) is 5.75 Å². The lowest BCUT2D eigenvalue weighted by Crippen LogP contribution is -2.37. The smallest absolute Gasteiger partial charge is 0.251 e. The number of nitrogens with one attached hydrogen (secondary N) is 1. The highest BCUT2D eigenvalue weighted by atomic mass is 16.5. The first kappa shape index (κ1) is 20.6. The molecule has 0 spiro atoms. The van der Waals surface area contributed by atoms with Gasteiger partial charge < -0.3 is 23.9 Å². The summed E-state index contributed by atoms with van der Waals surface area (Å²) in [7, 11) is 4.57. The summed E-state index contributed by atoms with van der Waals surface area (Å²) in [6, 6.07) is 7.01. The van der Waals surface area contributed by atoms with Crippen LogP contribution in [0.25, 0.3) is 0 Å². The predicted octanol–water partition coefficient (Wildman–Crippen LogP) is 3.12. The van der Waals surface area contributed by atoms with Gasteiger partial charge in [0.15, 0.2) is 11.5 Å². The standard InChI is InChI=1S/C20H28N2O5/c1-6-22(7-2)15(16-9-8-10-27-16)13-21-20(23)14-11-17(24-3)19(26-5)18(12-14)25-4/h8-12,15H,6-7,13H2,1-5H3,(H,21,23)/t15-/m1/s1. The van der Waals surface area contributed by atoms with Crippen LogP contribution in [-0.2, 0) is 0 Å². The Morgan fingerprint density at radius 3 is 2.19 bits per heavy atom. The average molecular weight is 376 g/mol. The Kier molecular flexibility index (Phi) is 7.55. The Morgan fingerprint density at radius 1 is 1.11 bits per heavy atom. The monoisotopic (exact) mass is 376 g/mol. The third-order valence-electron chi connectivity index (χ3n) is 4.51. The minimum Gasteiger partial charge on any atom is -0.493 e. The second-order valence-electron chi connectivity index (χ2n) is 5.88. The first-order chi connectivity index (χ1) is 13.1. The zero-order valence-corrected chi connectivity index (χ0v) is 16.6. The fraction of sp³-hybridized carbons (Fsp3) is 0.450. The minimum atomic E-state index is -0.224. The van der Waals surface area contributed by atoms with Crippen LogP contribution in [0.1, 0.15) is 36.0 Å². The van der Waals surface area contributed by atoms with Gasteiger partial charge in [0, 0.05) is 12.1 Å². The molecule has 0 saturated carbocycles. The molecule has 0 aliphatic rings. The van der Waals surface area contributed by atoms with Crippen LogP contribution in [0.5, 0.6) is 17.2 Å². The van der Waals surface area contributed by atoms with Crippen molar-refractivity contribution in [2.24, 2.45) is 0 Å². The number of amides is 1. The zero-order valence-electron chi connectivity index (χ0n) is 16.6. The molecule has 0 fully saturated rings. The van der Waals surface area contributed by atoms with Crippen LogP contribution in [0.3, 0.4) is 0 Å². The van der Waals surface area contributed by atoms with Gasteiger partial charge in [-0.15, -0.1) is 0 Å². The van der Waals surface area contributed by atoms with Crippen molar-refractivity contribution in [2.75, 3.05) is 41.0 Å². The normalized spacial score (nSPS) is 11.9. The Labute approximate surface area is 160 Å². The van der Waals surface area contributed by atoms with Crippen molar-refractivity contribution in [3.05, 3.63) is 41.9 Å². The first-order valence-electron chi connectivity index (χ1n) is 8.95. The lowest BCUT2D eigenvalue weighted by molar-refractivity contribution is 0.0929. The number of ether oxygens (including phenoxy) is 3. The average Bonchev–Trinajstić information content (AvgIpc) is 3.23. The highest BCUT2D eigenvalue weighted by Crippen LogP contribution is 2.38.